The van der Waals surface area contributed by atoms with E-state index in [1.165, 1.54) is 32.1 Å². The van der Waals surface area contributed by atoms with Gasteiger partial charge in [-0.3, -0.25) is 4.79 Å². The van der Waals surface area contributed by atoms with Crippen LogP contribution in [0.25, 0.3) is 10.9 Å². The Kier molecular flexibility index (Phi) is 3.56. The fourth-order valence-electron chi connectivity index (χ4n) is 6.37. The minimum atomic E-state index is -0.111. The standard InChI is InChI=1S/C22H28N2O/c1-12-20(18-5-3-4-6-19(18)23-12)22(25)13(2)24-21-16-8-14-7-15(10-16)11-17(21)9-14/h3-6,13-17,21,23-24H,7-11H2,1-2H3/t13-,14?,15?,16?,17?,21?/m0/s1. The number of fused-ring (bicyclic) bond motifs is 1. The molecule has 1 heterocycles. The van der Waals surface area contributed by atoms with Crippen LogP contribution in [0.15, 0.2) is 24.3 Å². The first-order valence-corrected chi connectivity index (χ1v) is 9.97. The average molecular weight is 336 g/mol. The lowest BCUT2D eigenvalue weighted by Gasteiger charge is -2.55. The van der Waals surface area contributed by atoms with Crippen molar-refractivity contribution in [3.05, 3.63) is 35.5 Å². The van der Waals surface area contributed by atoms with E-state index in [1.807, 2.05) is 19.1 Å². The quantitative estimate of drug-likeness (QED) is 0.810. The van der Waals surface area contributed by atoms with Crippen molar-refractivity contribution < 1.29 is 4.79 Å². The summed E-state index contributed by atoms with van der Waals surface area (Å²) in [7, 11) is 0. The smallest absolute Gasteiger partial charge is 0.181 e. The van der Waals surface area contributed by atoms with Crippen LogP contribution in [-0.4, -0.2) is 22.9 Å². The van der Waals surface area contributed by atoms with Gasteiger partial charge in [0.15, 0.2) is 5.78 Å². The number of aryl methyl sites for hydroxylation is 1. The van der Waals surface area contributed by atoms with Crippen LogP contribution in [0.4, 0.5) is 0 Å². The highest BCUT2D eigenvalue weighted by Crippen LogP contribution is 2.53. The number of hydrogen-bond acceptors (Lipinski definition) is 2. The molecule has 6 rings (SSSR count). The molecular formula is C22H28N2O. The number of benzene rings is 1. The zero-order chi connectivity index (χ0) is 17.1. The van der Waals surface area contributed by atoms with Gasteiger partial charge in [0, 0.05) is 28.2 Å². The van der Waals surface area contributed by atoms with Gasteiger partial charge < -0.3 is 10.3 Å². The molecule has 0 amide bonds. The van der Waals surface area contributed by atoms with E-state index in [2.05, 4.69) is 29.4 Å². The van der Waals surface area contributed by atoms with Gasteiger partial charge >= 0.3 is 0 Å². The second-order valence-electron chi connectivity index (χ2n) is 8.88. The minimum Gasteiger partial charge on any atom is -0.358 e. The highest BCUT2D eigenvalue weighted by Gasteiger charge is 2.48. The maximum absolute atomic E-state index is 13.2. The fourth-order valence-corrected chi connectivity index (χ4v) is 6.37. The summed E-state index contributed by atoms with van der Waals surface area (Å²) in [6.07, 6.45) is 7.02. The SMILES string of the molecule is Cc1[nH]c2ccccc2c1C(=O)[C@H](C)NC1C2CC3CC(C2)CC1C3. The first kappa shape index (κ1) is 15.6. The lowest BCUT2D eigenvalue weighted by molar-refractivity contribution is -0.0161. The van der Waals surface area contributed by atoms with Gasteiger partial charge in [-0.2, -0.15) is 0 Å². The van der Waals surface area contributed by atoms with Crippen LogP contribution in [-0.2, 0) is 0 Å². The monoisotopic (exact) mass is 336 g/mol. The first-order chi connectivity index (χ1) is 12.1. The molecule has 25 heavy (non-hydrogen) atoms. The number of Topliss-reactive ketones (excluding diaryl/α,β-unsaturated/α-hetero) is 1. The van der Waals surface area contributed by atoms with E-state index in [9.17, 15) is 4.79 Å². The Morgan fingerprint density at radius 3 is 2.40 bits per heavy atom. The van der Waals surface area contributed by atoms with Crippen molar-refractivity contribution in [2.45, 2.75) is 58.0 Å². The van der Waals surface area contributed by atoms with Gasteiger partial charge in [-0.05, 0) is 75.7 Å². The molecule has 3 nitrogen and oxygen atoms in total. The second kappa shape index (κ2) is 5.70. The van der Waals surface area contributed by atoms with E-state index in [1.54, 1.807) is 0 Å². The summed E-state index contributed by atoms with van der Waals surface area (Å²) in [5.41, 5.74) is 2.93. The van der Waals surface area contributed by atoms with Crippen molar-refractivity contribution in [2.75, 3.05) is 0 Å². The van der Waals surface area contributed by atoms with Gasteiger partial charge in [0.1, 0.15) is 0 Å². The van der Waals surface area contributed by atoms with Crippen molar-refractivity contribution in [1.82, 2.24) is 10.3 Å². The number of hydrogen-bond donors (Lipinski definition) is 2. The number of aromatic nitrogens is 1. The number of carbonyl (C=O) groups is 1. The topological polar surface area (TPSA) is 44.9 Å². The molecule has 4 bridgehead atoms. The third-order valence-electron chi connectivity index (χ3n) is 7.20. The van der Waals surface area contributed by atoms with E-state index in [-0.39, 0.29) is 11.8 Å². The maximum Gasteiger partial charge on any atom is 0.181 e. The summed E-state index contributed by atoms with van der Waals surface area (Å²) in [6, 6.07) is 8.58. The number of aromatic amines is 1. The van der Waals surface area contributed by atoms with E-state index in [0.717, 1.165) is 45.8 Å². The number of nitrogens with one attached hydrogen (secondary N) is 2. The van der Waals surface area contributed by atoms with Crippen LogP contribution in [0.5, 0.6) is 0 Å². The maximum atomic E-state index is 13.2. The van der Waals surface area contributed by atoms with E-state index in [0.29, 0.717) is 6.04 Å². The van der Waals surface area contributed by atoms with Gasteiger partial charge in [-0.25, -0.2) is 0 Å². The first-order valence-electron chi connectivity index (χ1n) is 9.97. The van der Waals surface area contributed by atoms with Gasteiger partial charge in [-0.1, -0.05) is 18.2 Å². The highest BCUT2D eigenvalue weighted by molar-refractivity contribution is 6.11. The minimum absolute atomic E-state index is 0.111. The van der Waals surface area contributed by atoms with Gasteiger partial charge in [0.2, 0.25) is 0 Å². The second-order valence-corrected chi connectivity index (χ2v) is 8.88. The molecule has 2 N–H and O–H groups in total. The molecule has 4 aliphatic rings. The van der Waals surface area contributed by atoms with Crippen LogP contribution in [0.3, 0.4) is 0 Å². The zero-order valence-electron chi connectivity index (χ0n) is 15.2. The normalized spacial score (nSPS) is 34.6. The number of carbonyl (C=O) groups excluding carboxylic acids is 1. The van der Waals surface area contributed by atoms with Crippen molar-refractivity contribution in [3.63, 3.8) is 0 Å². The van der Waals surface area contributed by atoms with E-state index >= 15 is 0 Å². The fraction of sp³-hybridized carbons (Fsp3) is 0.591. The predicted octanol–water partition coefficient (Wildman–Crippen LogP) is 4.46. The number of ketones is 1. The molecule has 0 aliphatic heterocycles. The molecule has 0 spiro atoms. The number of para-hydroxylation sites is 1. The Morgan fingerprint density at radius 1 is 1.08 bits per heavy atom. The molecule has 0 radical (unpaired) electrons. The summed E-state index contributed by atoms with van der Waals surface area (Å²) in [4.78, 5) is 16.6. The van der Waals surface area contributed by atoms with Gasteiger partial charge in [0.05, 0.1) is 6.04 Å². The zero-order valence-corrected chi connectivity index (χ0v) is 15.2. The lowest BCUT2D eigenvalue weighted by atomic mass is 9.54. The summed E-state index contributed by atoms with van der Waals surface area (Å²) in [6.45, 7) is 4.08. The van der Waals surface area contributed by atoms with Gasteiger partial charge in [0.25, 0.3) is 0 Å². The third kappa shape index (κ3) is 2.47. The molecule has 4 saturated carbocycles. The van der Waals surface area contributed by atoms with Crippen molar-refractivity contribution in [3.8, 4) is 0 Å². The van der Waals surface area contributed by atoms with E-state index < -0.39 is 0 Å². The molecule has 2 aromatic rings. The number of rotatable bonds is 4. The molecule has 0 saturated heterocycles. The molecule has 1 aromatic carbocycles. The third-order valence-corrected chi connectivity index (χ3v) is 7.20. The molecule has 1 atom stereocenters. The Bertz CT molecular complexity index is 793. The lowest BCUT2D eigenvalue weighted by Crippen LogP contribution is -2.57. The molecule has 4 fully saturated rings. The van der Waals surface area contributed by atoms with Crippen molar-refractivity contribution >= 4 is 16.7 Å². The van der Waals surface area contributed by atoms with E-state index in [4.69, 9.17) is 0 Å². The number of H-pyrrole nitrogens is 1. The van der Waals surface area contributed by atoms with Crippen molar-refractivity contribution in [1.29, 1.82) is 0 Å². The van der Waals surface area contributed by atoms with Crippen molar-refractivity contribution in [2.24, 2.45) is 23.7 Å². The molecule has 4 aliphatic carbocycles. The molecule has 3 heteroatoms. The molecule has 132 valence electrons. The Labute approximate surface area is 149 Å². The predicted molar refractivity (Wildman–Crippen MR) is 101 cm³/mol. The summed E-state index contributed by atoms with van der Waals surface area (Å²) in [5.74, 6) is 3.79. The summed E-state index contributed by atoms with van der Waals surface area (Å²) < 4.78 is 0. The van der Waals surface area contributed by atoms with Gasteiger partial charge in [-0.15, -0.1) is 0 Å². The summed E-state index contributed by atoms with van der Waals surface area (Å²) >= 11 is 0. The largest absolute Gasteiger partial charge is 0.358 e. The highest BCUT2D eigenvalue weighted by atomic mass is 16.1. The Hall–Kier alpha value is -1.61. The van der Waals surface area contributed by atoms with Crippen LogP contribution in [0.2, 0.25) is 0 Å². The summed E-state index contributed by atoms with van der Waals surface area (Å²) in [5, 5.41) is 4.84. The molecule has 0 unspecified atom stereocenters. The van der Waals surface area contributed by atoms with Crippen LogP contribution < -0.4 is 5.32 Å². The average Bonchev–Trinajstić information content (AvgIpc) is 2.92. The van der Waals surface area contributed by atoms with Crippen LogP contribution in [0, 0.1) is 30.6 Å². The van der Waals surface area contributed by atoms with Crippen LogP contribution >= 0.6 is 0 Å². The molecular weight excluding hydrogens is 308 g/mol. The Balaban J connectivity index is 1.38. The van der Waals surface area contributed by atoms with Crippen LogP contribution in [0.1, 0.15) is 55.1 Å². The Morgan fingerprint density at radius 2 is 1.72 bits per heavy atom. The molecule has 1 aromatic heterocycles.